The second-order valence-electron chi connectivity index (χ2n) is 3.65. The van der Waals surface area contributed by atoms with Crippen LogP contribution in [0.15, 0.2) is 18.2 Å². The van der Waals surface area contributed by atoms with E-state index >= 15 is 0 Å². The average Bonchev–Trinajstić information content (AvgIpc) is 2.86. The number of aromatic nitrogens is 3. The third-order valence-electron chi connectivity index (χ3n) is 2.62. The summed E-state index contributed by atoms with van der Waals surface area (Å²) in [6.07, 6.45) is 1.18. The Morgan fingerprint density at radius 1 is 1.47 bits per heavy atom. The molecule has 0 saturated carbocycles. The summed E-state index contributed by atoms with van der Waals surface area (Å²) in [6.45, 7) is 0. The molecule has 1 saturated heterocycles. The number of halogens is 1. The van der Waals surface area contributed by atoms with Crippen molar-refractivity contribution in [1.82, 2.24) is 14.6 Å². The topological polar surface area (TPSA) is 30.2 Å². The first kappa shape index (κ1) is 9.48. The molecule has 5 heteroatoms. The maximum atomic E-state index is 6.03. The second-order valence-corrected chi connectivity index (χ2v) is 5.19. The van der Waals surface area contributed by atoms with Crippen molar-refractivity contribution in [1.29, 1.82) is 0 Å². The smallest absolute Gasteiger partial charge is 0.157 e. The largest absolute Gasteiger partial charge is 0.212 e. The minimum absolute atomic E-state index is 0.506. The zero-order valence-corrected chi connectivity index (χ0v) is 9.63. The van der Waals surface area contributed by atoms with Gasteiger partial charge in [-0.1, -0.05) is 17.7 Å². The summed E-state index contributed by atoms with van der Waals surface area (Å²) in [5, 5.41) is 5.08. The summed E-state index contributed by atoms with van der Waals surface area (Å²) in [5.41, 5.74) is 0.842. The predicted octanol–water partition coefficient (Wildman–Crippen LogP) is 2.60. The number of hydrogen-bond donors (Lipinski definition) is 0. The van der Waals surface area contributed by atoms with Crippen LogP contribution < -0.4 is 0 Å². The Morgan fingerprint density at radius 2 is 2.40 bits per heavy atom. The van der Waals surface area contributed by atoms with Gasteiger partial charge in [0.1, 0.15) is 5.15 Å². The highest BCUT2D eigenvalue weighted by Gasteiger charge is 2.22. The van der Waals surface area contributed by atoms with Crippen LogP contribution in [-0.4, -0.2) is 26.1 Å². The Balaban J connectivity index is 2.09. The number of thioether (sulfide) groups is 1. The summed E-state index contributed by atoms with van der Waals surface area (Å²) < 4.78 is 1.71. The van der Waals surface area contributed by atoms with Gasteiger partial charge in [0.15, 0.2) is 11.5 Å². The minimum atomic E-state index is 0.506. The Kier molecular flexibility index (Phi) is 2.33. The lowest BCUT2D eigenvalue weighted by Gasteiger charge is -1.99. The van der Waals surface area contributed by atoms with E-state index in [9.17, 15) is 0 Å². The van der Waals surface area contributed by atoms with Gasteiger partial charge in [-0.3, -0.25) is 0 Å². The van der Waals surface area contributed by atoms with Crippen LogP contribution in [0.2, 0.25) is 5.15 Å². The van der Waals surface area contributed by atoms with E-state index in [0.29, 0.717) is 11.1 Å². The first-order valence-electron chi connectivity index (χ1n) is 4.93. The van der Waals surface area contributed by atoms with E-state index in [-0.39, 0.29) is 0 Å². The van der Waals surface area contributed by atoms with Crippen molar-refractivity contribution in [3.05, 3.63) is 29.2 Å². The molecule has 0 bridgehead atoms. The first-order valence-corrected chi connectivity index (χ1v) is 6.47. The molecular formula is C10H10ClN3S. The zero-order valence-electron chi connectivity index (χ0n) is 8.06. The van der Waals surface area contributed by atoms with Crippen LogP contribution in [-0.2, 0) is 0 Å². The summed E-state index contributed by atoms with van der Waals surface area (Å²) in [7, 11) is 0. The standard InChI is InChI=1S/C10H10ClN3S/c11-8-2-1-3-9-12-10(13-14(8)9)7-4-5-15-6-7/h1-3,7H,4-6H2. The Labute approximate surface area is 96.8 Å². The molecule has 2 aromatic rings. The number of hydrogen-bond acceptors (Lipinski definition) is 3. The summed E-state index contributed by atoms with van der Waals surface area (Å²) in [4.78, 5) is 4.51. The molecule has 0 aliphatic carbocycles. The van der Waals surface area contributed by atoms with E-state index in [4.69, 9.17) is 11.6 Å². The van der Waals surface area contributed by atoms with Crippen molar-refractivity contribution < 1.29 is 0 Å². The van der Waals surface area contributed by atoms with Gasteiger partial charge in [-0.15, -0.1) is 5.10 Å². The van der Waals surface area contributed by atoms with Gasteiger partial charge >= 0.3 is 0 Å². The number of nitrogens with zero attached hydrogens (tertiary/aromatic N) is 3. The van der Waals surface area contributed by atoms with Gasteiger partial charge in [-0.25, -0.2) is 9.50 Å². The molecule has 3 nitrogen and oxygen atoms in total. The van der Waals surface area contributed by atoms with Gasteiger partial charge in [0.25, 0.3) is 0 Å². The fourth-order valence-corrected chi connectivity index (χ4v) is 3.22. The van der Waals surface area contributed by atoms with Gasteiger partial charge in [0.05, 0.1) is 0 Å². The lowest BCUT2D eigenvalue weighted by molar-refractivity contribution is 0.713. The van der Waals surface area contributed by atoms with Gasteiger partial charge in [0.2, 0.25) is 0 Å². The van der Waals surface area contributed by atoms with Crippen molar-refractivity contribution >= 4 is 29.0 Å². The summed E-state index contributed by atoms with van der Waals surface area (Å²) in [6, 6.07) is 5.67. The van der Waals surface area contributed by atoms with E-state index in [1.54, 1.807) is 4.52 Å². The minimum Gasteiger partial charge on any atom is -0.212 e. The molecule has 1 atom stereocenters. The van der Waals surface area contributed by atoms with Crippen LogP contribution in [0.1, 0.15) is 18.2 Å². The lowest BCUT2D eigenvalue weighted by atomic mass is 10.1. The van der Waals surface area contributed by atoms with E-state index in [1.165, 1.54) is 12.2 Å². The third-order valence-corrected chi connectivity index (χ3v) is 4.07. The predicted molar refractivity (Wildman–Crippen MR) is 62.7 cm³/mol. The van der Waals surface area contributed by atoms with Crippen LogP contribution in [0.4, 0.5) is 0 Å². The molecule has 1 aliphatic rings. The third kappa shape index (κ3) is 1.62. The number of fused-ring (bicyclic) bond motifs is 1. The van der Waals surface area contributed by atoms with E-state index < -0.39 is 0 Å². The normalized spacial score (nSPS) is 21.3. The quantitative estimate of drug-likeness (QED) is 0.717. The fraction of sp³-hybridized carbons (Fsp3) is 0.400. The molecule has 0 amide bonds. The first-order chi connectivity index (χ1) is 7.34. The van der Waals surface area contributed by atoms with Crippen LogP contribution in [0, 0.1) is 0 Å². The Bertz CT molecular complexity index is 490. The van der Waals surface area contributed by atoms with Crippen molar-refractivity contribution in [3.8, 4) is 0 Å². The van der Waals surface area contributed by atoms with Gasteiger partial charge < -0.3 is 0 Å². The number of pyridine rings is 1. The maximum absolute atomic E-state index is 6.03. The van der Waals surface area contributed by atoms with E-state index in [2.05, 4.69) is 10.1 Å². The van der Waals surface area contributed by atoms with Crippen molar-refractivity contribution in [2.75, 3.05) is 11.5 Å². The molecule has 1 aliphatic heterocycles. The Morgan fingerprint density at radius 3 is 3.13 bits per heavy atom. The van der Waals surface area contributed by atoms with Crippen LogP contribution in [0.25, 0.3) is 5.65 Å². The van der Waals surface area contributed by atoms with Crippen molar-refractivity contribution in [3.63, 3.8) is 0 Å². The summed E-state index contributed by atoms with van der Waals surface area (Å²) >= 11 is 8.00. The molecule has 0 N–H and O–H groups in total. The van der Waals surface area contributed by atoms with Gasteiger partial charge in [-0.2, -0.15) is 11.8 Å². The highest BCUT2D eigenvalue weighted by atomic mass is 35.5. The van der Waals surface area contributed by atoms with E-state index in [1.807, 2.05) is 30.0 Å². The SMILES string of the molecule is Clc1cccc2nc(C3CCSC3)nn12. The second kappa shape index (κ2) is 3.68. The van der Waals surface area contributed by atoms with Crippen molar-refractivity contribution in [2.45, 2.75) is 12.3 Å². The maximum Gasteiger partial charge on any atom is 0.157 e. The average molecular weight is 240 g/mol. The monoisotopic (exact) mass is 239 g/mol. The van der Waals surface area contributed by atoms with Gasteiger partial charge in [-0.05, 0) is 24.3 Å². The highest BCUT2D eigenvalue weighted by Crippen LogP contribution is 2.30. The molecule has 0 aromatic carbocycles. The molecular weight excluding hydrogens is 230 g/mol. The van der Waals surface area contributed by atoms with Crippen LogP contribution in [0.3, 0.4) is 0 Å². The summed E-state index contributed by atoms with van der Waals surface area (Å²) in [5.74, 6) is 3.79. The van der Waals surface area contributed by atoms with E-state index in [0.717, 1.165) is 17.2 Å². The van der Waals surface area contributed by atoms with Gasteiger partial charge in [0, 0.05) is 11.7 Å². The molecule has 78 valence electrons. The molecule has 3 rings (SSSR count). The molecule has 3 heterocycles. The molecule has 2 aromatic heterocycles. The number of rotatable bonds is 1. The molecule has 1 fully saturated rings. The molecule has 0 spiro atoms. The van der Waals surface area contributed by atoms with Crippen LogP contribution >= 0.6 is 23.4 Å². The molecule has 1 unspecified atom stereocenters. The zero-order chi connectivity index (χ0) is 10.3. The molecule has 15 heavy (non-hydrogen) atoms. The Hall–Kier alpha value is -0.740. The fourth-order valence-electron chi connectivity index (χ4n) is 1.80. The lowest BCUT2D eigenvalue weighted by Crippen LogP contribution is -1.99. The van der Waals surface area contributed by atoms with Crippen LogP contribution in [0.5, 0.6) is 0 Å². The highest BCUT2D eigenvalue weighted by molar-refractivity contribution is 7.99. The molecule has 0 radical (unpaired) electrons. The van der Waals surface area contributed by atoms with Crippen molar-refractivity contribution in [2.24, 2.45) is 0 Å².